The van der Waals surface area contributed by atoms with Crippen molar-refractivity contribution in [1.29, 1.82) is 0 Å². The van der Waals surface area contributed by atoms with Crippen LogP contribution >= 0.6 is 0 Å². The molecule has 1 aromatic heterocycles. The highest BCUT2D eigenvalue weighted by molar-refractivity contribution is 4.94. The Morgan fingerprint density at radius 2 is 2.35 bits per heavy atom. The van der Waals surface area contributed by atoms with Gasteiger partial charge in [-0.2, -0.15) is 0 Å². The topological polar surface area (TPSA) is 41.1 Å². The molecule has 4 heteroatoms. The Labute approximate surface area is 103 Å². The summed E-state index contributed by atoms with van der Waals surface area (Å²) in [5.41, 5.74) is 1.06. The molecular formula is C13H22N4. The maximum absolute atomic E-state index is 4.34. The Kier molecular flexibility index (Phi) is 4.88. The summed E-state index contributed by atoms with van der Waals surface area (Å²) in [6.45, 7) is 6.47. The lowest BCUT2D eigenvalue weighted by atomic mass is 10.0. The summed E-state index contributed by atoms with van der Waals surface area (Å²) in [5.74, 6) is 0. The van der Waals surface area contributed by atoms with Crippen molar-refractivity contribution in [2.24, 2.45) is 0 Å². The second kappa shape index (κ2) is 6.67. The zero-order chi connectivity index (χ0) is 11.9. The van der Waals surface area contributed by atoms with E-state index in [0.717, 1.165) is 25.3 Å². The second-order valence-corrected chi connectivity index (χ2v) is 4.67. The SMILES string of the molecule is CCN(Cc1cnccn1)CC1CCCCN1. The lowest BCUT2D eigenvalue weighted by molar-refractivity contribution is 0.224. The van der Waals surface area contributed by atoms with Gasteiger partial charge in [-0.25, -0.2) is 0 Å². The largest absolute Gasteiger partial charge is 0.313 e. The van der Waals surface area contributed by atoms with Gasteiger partial charge in [-0.1, -0.05) is 13.3 Å². The summed E-state index contributed by atoms with van der Waals surface area (Å²) in [6, 6.07) is 0.653. The standard InChI is InChI=1S/C13H22N4/c1-2-17(10-12-5-3-4-6-15-12)11-13-9-14-7-8-16-13/h7-9,12,15H,2-6,10-11H2,1H3. The van der Waals surface area contributed by atoms with Crippen molar-refractivity contribution in [2.45, 2.75) is 38.8 Å². The molecule has 0 aromatic carbocycles. The first-order chi connectivity index (χ1) is 8.38. The minimum atomic E-state index is 0.653. The van der Waals surface area contributed by atoms with Crippen molar-refractivity contribution in [2.75, 3.05) is 19.6 Å². The zero-order valence-electron chi connectivity index (χ0n) is 10.6. The lowest BCUT2D eigenvalue weighted by Gasteiger charge is -2.29. The number of likely N-dealkylation sites (N-methyl/N-ethyl adjacent to an activating group) is 1. The van der Waals surface area contributed by atoms with E-state index in [1.165, 1.54) is 25.8 Å². The molecule has 0 amide bonds. The fraction of sp³-hybridized carbons (Fsp3) is 0.692. The first-order valence-electron chi connectivity index (χ1n) is 6.59. The predicted molar refractivity (Wildman–Crippen MR) is 68.6 cm³/mol. The average Bonchev–Trinajstić information content (AvgIpc) is 2.40. The minimum Gasteiger partial charge on any atom is -0.313 e. The van der Waals surface area contributed by atoms with Crippen LogP contribution in [-0.4, -0.2) is 40.5 Å². The third-order valence-corrected chi connectivity index (χ3v) is 3.34. The number of hydrogen-bond acceptors (Lipinski definition) is 4. The van der Waals surface area contributed by atoms with E-state index in [4.69, 9.17) is 0 Å². The van der Waals surface area contributed by atoms with Gasteiger partial charge < -0.3 is 5.32 Å². The number of rotatable bonds is 5. The Balaban J connectivity index is 1.83. The van der Waals surface area contributed by atoms with Crippen LogP contribution in [0.2, 0.25) is 0 Å². The molecule has 0 aliphatic carbocycles. The molecule has 0 spiro atoms. The highest BCUT2D eigenvalue weighted by atomic mass is 15.2. The van der Waals surface area contributed by atoms with Gasteiger partial charge >= 0.3 is 0 Å². The molecule has 94 valence electrons. The number of nitrogens with zero attached hydrogens (tertiary/aromatic N) is 3. The van der Waals surface area contributed by atoms with Crippen LogP contribution in [0, 0.1) is 0 Å². The molecular weight excluding hydrogens is 212 g/mol. The highest BCUT2D eigenvalue weighted by Gasteiger charge is 2.16. The monoisotopic (exact) mass is 234 g/mol. The van der Waals surface area contributed by atoms with Gasteiger partial charge in [0.05, 0.1) is 5.69 Å². The van der Waals surface area contributed by atoms with Crippen LogP contribution in [0.1, 0.15) is 31.9 Å². The van der Waals surface area contributed by atoms with Gasteiger partial charge in [0.15, 0.2) is 0 Å². The van der Waals surface area contributed by atoms with Crippen LogP contribution in [0.15, 0.2) is 18.6 Å². The summed E-state index contributed by atoms with van der Waals surface area (Å²) in [4.78, 5) is 10.9. The Bertz CT molecular complexity index is 308. The fourth-order valence-electron chi connectivity index (χ4n) is 2.34. The first-order valence-corrected chi connectivity index (χ1v) is 6.59. The molecule has 1 N–H and O–H groups in total. The molecule has 0 saturated carbocycles. The quantitative estimate of drug-likeness (QED) is 0.837. The molecule has 1 atom stereocenters. The predicted octanol–water partition coefficient (Wildman–Crippen LogP) is 1.44. The van der Waals surface area contributed by atoms with Crippen molar-refractivity contribution in [3.05, 3.63) is 24.3 Å². The number of aromatic nitrogens is 2. The minimum absolute atomic E-state index is 0.653. The van der Waals surface area contributed by atoms with Gasteiger partial charge in [0.2, 0.25) is 0 Å². The number of hydrogen-bond donors (Lipinski definition) is 1. The molecule has 1 aromatic rings. The van der Waals surface area contributed by atoms with Crippen LogP contribution < -0.4 is 5.32 Å². The summed E-state index contributed by atoms with van der Waals surface area (Å²) in [5, 5.41) is 3.59. The summed E-state index contributed by atoms with van der Waals surface area (Å²) in [6.07, 6.45) is 9.34. The van der Waals surface area contributed by atoms with Crippen LogP contribution in [-0.2, 0) is 6.54 Å². The normalized spacial score (nSPS) is 20.7. The van der Waals surface area contributed by atoms with Crippen molar-refractivity contribution in [1.82, 2.24) is 20.2 Å². The van der Waals surface area contributed by atoms with Crippen LogP contribution in [0.4, 0.5) is 0 Å². The molecule has 2 heterocycles. The van der Waals surface area contributed by atoms with Gasteiger partial charge in [-0.15, -0.1) is 0 Å². The zero-order valence-corrected chi connectivity index (χ0v) is 10.6. The third-order valence-electron chi connectivity index (χ3n) is 3.34. The van der Waals surface area contributed by atoms with E-state index < -0.39 is 0 Å². The van der Waals surface area contributed by atoms with E-state index in [-0.39, 0.29) is 0 Å². The first kappa shape index (κ1) is 12.5. The molecule has 1 fully saturated rings. The van der Waals surface area contributed by atoms with E-state index in [0.29, 0.717) is 6.04 Å². The number of nitrogens with one attached hydrogen (secondary N) is 1. The van der Waals surface area contributed by atoms with Crippen molar-refractivity contribution in [3.8, 4) is 0 Å². The molecule has 0 radical (unpaired) electrons. The Morgan fingerprint density at radius 1 is 1.41 bits per heavy atom. The number of piperidine rings is 1. The Morgan fingerprint density at radius 3 is 3.00 bits per heavy atom. The van der Waals surface area contributed by atoms with Crippen LogP contribution in [0.3, 0.4) is 0 Å². The van der Waals surface area contributed by atoms with E-state index in [1.54, 1.807) is 12.4 Å². The molecule has 4 nitrogen and oxygen atoms in total. The summed E-state index contributed by atoms with van der Waals surface area (Å²) in [7, 11) is 0. The fourth-order valence-corrected chi connectivity index (χ4v) is 2.34. The highest BCUT2D eigenvalue weighted by Crippen LogP contribution is 2.09. The summed E-state index contributed by atoms with van der Waals surface area (Å²) >= 11 is 0. The smallest absolute Gasteiger partial charge is 0.0726 e. The van der Waals surface area contributed by atoms with Crippen LogP contribution in [0.5, 0.6) is 0 Å². The van der Waals surface area contributed by atoms with Gasteiger partial charge in [-0.05, 0) is 25.9 Å². The van der Waals surface area contributed by atoms with Crippen molar-refractivity contribution < 1.29 is 0 Å². The van der Waals surface area contributed by atoms with E-state index in [1.807, 2.05) is 6.20 Å². The van der Waals surface area contributed by atoms with E-state index in [9.17, 15) is 0 Å². The molecule has 17 heavy (non-hydrogen) atoms. The molecule has 2 rings (SSSR count). The van der Waals surface area contributed by atoms with Crippen LogP contribution in [0.25, 0.3) is 0 Å². The maximum Gasteiger partial charge on any atom is 0.0726 e. The Hall–Kier alpha value is -1.00. The van der Waals surface area contributed by atoms with Crippen molar-refractivity contribution in [3.63, 3.8) is 0 Å². The second-order valence-electron chi connectivity index (χ2n) is 4.67. The molecule has 1 saturated heterocycles. The van der Waals surface area contributed by atoms with Gasteiger partial charge in [0.25, 0.3) is 0 Å². The molecule has 1 aliphatic heterocycles. The third kappa shape index (κ3) is 4.06. The van der Waals surface area contributed by atoms with Gasteiger partial charge in [-0.3, -0.25) is 14.9 Å². The average molecular weight is 234 g/mol. The van der Waals surface area contributed by atoms with Crippen molar-refractivity contribution >= 4 is 0 Å². The molecule has 1 aliphatic rings. The maximum atomic E-state index is 4.34. The lowest BCUT2D eigenvalue weighted by Crippen LogP contribution is -2.43. The molecule has 0 bridgehead atoms. The van der Waals surface area contributed by atoms with E-state index in [2.05, 4.69) is 27.1 Å². The van der Waals surface area contributed by atoms with Gasteiger partial charge in [0, 0.05) is 37.7 Å². The molecule has 1 unspecified atom stereocenters. The summed E-state index contributed by atoms with van der Waals surface area (Å²) < 4.78 is 0. The van der Waals surface area contributed by atoms with E-state index >= 15 is 0 Å². The van der Waals surface area contributed by atoms with Gasteiger partial charge in [0.1, 0.15) is 0 Å².